The average molecular weight is 426 g/mol. The van der Waals surface area contributed by atoms with Crippen molar-refractivity contribution >= 4 is 29.8 Å². The van der Waals surface area contributed by atoms with E-state index in [1.54, 1.807) is 20.8 Å². The molecule has 7 nitrogen and oxygen atoms in total. The minimum Gasteiger partial charge on any atom is -0.493 e. The Balaban J connectivity index is 2.33. The molecule has 0 radical (unpaired) electrons. The summed E-state index contributed by atoms with van der Waals surface area (Å²) in [5.74, 6) is 0.586. The molecular formula is C16H24ClNO6S2. The van der Waals surface area contributed by atoms with Gasteiger partial charge in [0.05, 0.1) is 6.61 Å². The van der Waals surface area contributed by atoms with Gasteiger partial charge < -0.3 is 9.47 Å². The van der Waals surface area contributed by atoms with Crippen molar-refractivity contribution in [2.24, 2.45) is 5.92 Å². The summed E-state index contributed by atoms with van der Waals surface area (Å²) in [7, 11) is -2.94. The number of rotatable bonds is 6. The fourth-order valence-corrected chi connectivity index (χ4v) is 5.82. The Morgan fingerprint density at radius 1 is 1.15 bits per heavy atom. The molecule has 1 aromatic rings. The second-order valence-electron chi connectivity index (χ2n) is 7.27. The highest BCUT2D eigenvalue weighted by atomic mass is 35.7. The molecule has 10 heteroatoms. The van der Waals surface area contributed by atoms with Crippen molar-refractivity contribution in [3.63, 3.8) is 0 Å². The molecule has 1 heterocycles. The Morgan fingerprint density at radius 2 is 1.77 bits per heavy atom. The van der Waals surface area contributed by atoms with E-state index in [1.165, 1.54) is 12.1 Å². The van der Waals surface area contributed by atoms with Gasteiger partial charge in [0, 0.05) is 35.5 Å². The van der Waals surface area contributed by atoms with Gasteiger partial charge in [-0.25, -0.2) is 21.6 Å². The Labute approximate surface area is 159 Å². The van der Waals surface area contributed by atoms with Gasteiger partial charge in [0.15, 0.2) is 0 Å². The third kappa shape index (κ3) is 6.09. The largest absolute Gasteiger partial charge is 0.493 e. The summed E-state index contributed by atoms with van der Waals surface area (Å²) in [6.07, 6.45) is 1.73. The lowest BCUT2D eigenvalue weighted by Crippen LogP contribution is -2.40. The number of hydrogen-bond donors (Lipinski definition) is 1. The van der Waals surface area contributed by atoms with Gasteiger partial charge in [-0.05, 0) is 51.7 Å². The lowest BCUT2D eigenvalue weighted by Gasteiger charge is -2.23. The summed E-state index contributed by atoms with van der Waals surface area (Å²) < 4.78 is 62.4. The van der Waals surface area contributed by atoms with E-state index in [0.717, 1.165) is 18.9 Å². The van der Waals surface area contributed by atoms with Crippen molar-refractivity contribution in [2.75, 3.05) is 19.8 Å². The van der Waals surface area contributed by atoms with Crippen molar-refractivity contribution in [2.45, 2.75) is 48.9 Å². The second-order valence-corrected chi connectivity index (χ2v) is 11.5. The summed E-state index contributed by atoms with van der Waals surface area (Å²) >= 11 is 0. The predicted molar refractivity (Wildman–Crippen MR) is 98.6 cm³/mol. The van der Waals surface area contributed by atoms with E-state index in [1.807, 2.05) is 0 Å². The third-order valence-corrected chi connectivity index (χ3v) is 7.04. The molecule has 148 valence electrons. The Bertz CT molecular complexity index is 840. The van der Waals surface area contributed by atoms with Gasteiger partial charge in [-0.3, -0.25) is 0 Å². The molecular weight excluding hydrogens is 402 g/mol. The van der Waals surface area contributed by atoms with E-state index >= 15 is 0 Å². The van der Waals surface area contributed by atoms with Gasteiger partial charge in [-0.15, -0.1) is 0 Å². The highest BCUT2D eigenvalue weighted by molar-refractivity contribution is 8.14. The van der Waals surface area contributed by atoms with Gasteiger partial charge >= 0.3 is 0 Å². The number of hydrogen-bond acceptors (Lipinski definition) is 6. The first-order valence-corrected chi connectivity index (χ1v) is 12.0. The summed E-state index contributed by atoms with van der Waals surface area (Å²) in [5.41, 5.74) is -0.787. The molecule has 0 unspecified atom stereocenters. The van der Waals surface area contributed by atoms with E-state index < -0.39 is 34.4 Å². The fourth-order valence-electron chi connectivity index (χ4n) is 2.57. The maximum atomic E-state index is 12.7. The number of sulfonamides is 1. The van der Waals surface area contributed by atoms with Crippen molar-refractivity contribution in [3.8, 4) is 5.75 Å². The minimum absolute atomic E-state index is 0.273. The number of halogens is 1. The van der Waals surface area contributed by atoms with Gasteiger partial charge in [-0.1, -0.05) is 0 Å². The predicted octanol–water partition coefficient (Wildman–Crippen LogP) is 2.50. The van der Waals surface area contributed by atoms with Crippen LogP contribution in [-0.2, 0) is 23.8 Å². The van der Waals surface area contributed by atoms with Gasteiger partial charge in [0.1, 0.15) is 15.5 Å². The van der Waals surface area contributed by atoms with Crippen molar-refractivity contribution in [1.29, 1.82) is 0 Å². The van der Waals surface area contributed by atoms with Crippen molar-refractivity contribution < 1.29 is 26.3 Å². The maximum absolute atomic E-state index is 12.7. The molecule has 1 N–H and O–H groups in total. The Hall–Kier alpha value is -0.870. The Kier molecular flexibility index (Phi) is 6.61. The molecule has 0 bridgehead atoms. The van der Waals surface area contributed by atoms with Crippen LogP contribution >= 0.6 is 10.7 Å². The molecule has 26 heavy (non-hydrogen) atoms. The molecule has 0 spiro atoms. The average Bonchev–Trinajstić information content (AvgIpc) is 2.50. The van der Waals surface area contributed by atoms with E-state index in [0.29, 0.717) is 25.7 Å². The quantitative estimate of drug-likeness (QED) is 0.703. The molecule has 1 aliphatic rings. The van der Waals surface area contributed by atoms with Crippen LogP contribution in [0.2, 0.25) is 0 Å². The highest BCUT2D eigenvalue weighted by Gasteiger charge is 2.29. The normalized spacial score (nSPS) is 17.2. The molecule has 1 fully saturated rings. The molecule has 0 aromatic heterocycles. The Morgan fingerprint density at radius 3 is 2.31 bits per heavy atom. The number of ether oxygens (including phenoxy) is 2. The second kappa shape index (κ2) is 8.02. The van der Waals surface area contributed by atoms with Crippen LogP contribution in [0.5, 0.6) is 5.75 Å². The summed E-state index contributed by atoms with van der Waals surface area (Å²) in [4.78, 5) is -0.902. The standard InChI is InChI=1S/C16H24ClNO6S2/c1-16(2,3)18-26(21,22)15-10-13(4-5-14(15)25(17,19)20)24-11-12-6-8-23-9-7-12/h4-5,10,12,18H,6-9,11H2,1-3H3. The van der Waals surface area contributed by atoms with E-state index in [9.17, 15) is 16.8 Å². The zero-order valence-corrected chi connectivity index (χ0v) is 17.4. The zero-order chi connectivity index (χ0) is 19.6. The first kappa shape index (κ1) is 21.4. The van der Waals surface area contributed by atoms with Crippen LogP contribution < -0.4 is 9.46 Å². The first-order valence-electron chi connectivity index (χ1n) is 8.22. The van der Waals surface area contributed by atoms with Crippen LogP contribution in [0.3, 0.4) is 0 Å². The zero-order valence-electron chi connectivity index (χ0n) is 15.0. The maximum Gasteiger partial charge on any atom is 0.262 e. The number of benzene rings is 1. The molecule has 1 saturated heterocycles. The van der Waals surface area contributed by atoms with Crippen LogP contribution in [0.1, 0.15) is 33.6 Å². The molecule has 0 aliphatic carbocycles. The van der Waals surface area contributed by atoms with E-state index in [-0.39, 0.29) is 5.75 Å². The van der Waals surface area contributed by atoms with E-state index in [2.05, 4.69) is 4.72 Å². The monoisotopic (exact) mass is 425 g/mol. The topological polar surface area (TPSA) is 98.8 Å². The van der Waals surface area contributed by atoms with Gasteiger partial charge in [0.2, 0.25) is 10.0 Å². The SMILES string of the molecule is CC(C)(C)NS(=O)(=O)c1cc(OCC2CCOCC2)ccc1S(=O)(=O)Cl. The molecule has 0 saturated carbocycles. The van der Waals surface area contributed by atoms with Gasteiger partial charge in [-0.2, -0.15) is 0 Å². The van der Waals surface area contributed by atoms with Gasteiger partial charge in [0.25, 0.3) is 9.05 Å². The fraction of sp³-hybridized carbons (Fsp3) is 0.625. The van der Waals surface area contributed by atoms with Crippen molar-refractivity contribution in [1.82, 2.24) is 4.72 Å². The lowest BCUT2D eigenvalue weighted by atomic mass is 10.0. The van der Waals surface area contributed by atoms with Crippen LogP contribution in [-0.4, -0.2) is 42.2 Å². The molecule has 1 aromatic carbocycles. The lowest BCUT2D eigenvalue weighted by molar-refractivity contribution is 0.0497. The molecule has 2 rings (SSSR count). The molecule has 0 atom stereocenters. The molecule has 0 amide bonds. The highest BCUT2D eigenvalue weighted by Crippen LogP contribution is 2.29. The van der Waals surface area contributed by atoms with E-state index in [4.69, 9.17) is 20.2 Å². The van der Waals surface area contributed by atoms with Crippen LogP contribution in [0, 0.1) is 5.92 Å². The summed E-state index contributed by atoms with van der Waals surface area (Å²) in [5, 5.41) is 0. The summed E-state index contributed by atoms with van der Waals surface area (Å²) in [6.45, 7) is 6.72. The smallest absolute Gasteiger partial charge is 0.262 e. The number of nitrogens with one attached hydrogen (secondary N) is 1. The molecule has 1 aliphatic heterocycles. The van der Waals surface area contributed by atoms with Crippen LogP contribution in [0.15, 0.2) is 28.0 Å². The first-order chi connectivity index (χ1) is 11.9. The minimum atomic E-state index is -4.24. The summed E-state index contributed by atoms with van der Waals surface area (Å²) in [6, 6.07) is 3.76. The van der Waals surface area contributed by atoms with Crippen molar-refractivity contribution in [3.05, 3.63) is 18.2 Å². The van der Waals surface area contributed by atoms with Crippen LogP contribution in [0.4, 0.5) is 0 Å². The third-order valence-electron chi connectivity index (χ3n) is 3.73. The van der Waals surface area contributed by atoms with Crippen LogP contribution in [0.25, 0.3) is 0 Å².